The number of rotatable bonds is 7. The van der Waals surface area contributed by atoms with E-state index in [1.165, 1.54) is 12.1 Å². The third-order valence-corrected chi connectivity index (χ3v) is 3.87. The number of thioether (sulfide) groups is 1. The van der Waals surface area contributed by atoms with Crippen LogP contribution in [-0.2, 0) is 16.0 Å². The lowest BCUT2D eigenvalue weighted by molar-refractivity contribution is -0.139. The molecular formula is C12H16N2O6S. The Kier molecular flexibility index (Phi) is 5.82. The van der Waals surface area contributed by atoms with E-state index in [-0.39, 0.29) is 12.2 Å². The molecule has 2 atom stereocenters. The third kappa shape index (κ3) is 4.81. The van der Waals surface area contributed by atoms with Gasteiger partial charge >= 0.3 is 11.9 Å². The van der Waals surface area contributed by atoms with Crippen molar-refractivity contribution in [2.75, 3.05) is 5.75 Å². The Balaban J connectivity index is 2.97. The van der Waals surface area contributed by atoms with Crippen LogP contribution in [0.15, 0.2) is 17.0 Å². The Hall–Kier alpha value is -1.97. The summed E-state index contributed by atoms with van der Waals surface area (Å²) in [5.41, 5.74) is 11.2. The van der Waals surface area contributed by atoms with Gasteiger partial charge in [-0.2, -0.15) is 0 Å². The summed E-state index contributed by atoms with van der Waals surface area (Å²) in [5, 5.41) is 36.5. The van der Waals surface area contributed by atoms with Gasteiger partial charge in [-0.15, -0.1) is 11.8 Å². The summed E-state index contributed by atoms with van der Waals surface area (Å²) in [5.74, 6) is -3.16. The highest BCUT2D eigenvalue weighted by molar-refractivity contribution is 7.99. The second kappa shape index (κ2) is 7.16. The van der Waals surface area contributed by atoms with Gasteiger partial charge in [-0.25, -0.2) is 0 Å². The predicted octanol–water partition coefficient (Wildman–Crippen LogP) is -0.444. The summed E-state index contributed by atoms with van der Waals surface area (Å²) in [6, 6.07) is 0.138. The Morgan fingerprint density at radius 1 is 1.05 bits per heavy atom. The molecule has 8 nitrogen and oxygen atoms in total. The van der Waals surface area contributed by atoms with Gasteiger partial charge in [-0.3, -0.25) is 9.59 Å². The average molecular weight is 316 g/mol. The summed E-state index contributed by atoms with van der Waals surface area (Å²) in [4.78, 5) is 21.9. The van der Waals surface area contributed by atoms with Crippen LogP contribution in [-0.4, -0.2) is 50.2 Å². The van der Waals surface area contributed by atoms with E-state index in [1.54, 1.807) is 0 Å². The lowest BCUT2D eigenvalue weighted by Crippen LogP contribution is -2.33. The first-order valence-electron chi connectivity index (χ1n) is 5.86. The second-order valence-electron chi connectivity index (χ2n) is 4.35. The zero-order valence-corrected chi connectivity index (χ0v) is 11.7. The van der Waals surface area contributed by atoms with Crippen LogP contribution in [0.4, 0.5) is 0 Å². The van der Waals surface area contributed by atoms with Crippen LogP contribution in [0.25, 0.3) is 0 Å². The highest BCUT2D eigenvalue weighted by atomic mass is 32.2. The molecule has 8 N–H and O–H groups in total. The topological polar surface area (TPSA) is 167 Å². The molecule has 116 valence electrons. The zero-order valence-electron chi connectivity index (χ0n) is 10.9. The van der Waals surface area contributed by atoms with Gasteiger partial charge < -0.3 is 31.9 Å². The number of hydrogen-bond donors (Lipinski definition) is 6. The molecule has 0 saturated heterocycles. The summed E-state index contributed by atoms with van der Waals surface area (Å²) in [6.07, 6.45) is -0.0756. The smallest absolute Gasteiger partial charge is 0.321 e. The van der Waals surface area contributed by atoms with Gasteiger partial charge in [-0.1, -0.05) is 0 Å². The number of carboxylic acids is 2. The van der Waals surface area contributed by atoms with Crippen molar-refractivity contribution in [3.8, 4) is 11.5 Å². The molecule has 1 rings (SSSR count). The monoisotopic (exact) mass is 316 g/mol. The number of hydrogen-bond acceptors (Lipinski definition) is 7. The minimum absolute atomic E-state index is 0.0227. The number of aromatic hydroxyl groups is 2. The fourth-order valence-electron chi connectivity index (χ4n) is 1.47. The molecule has 9 heteroatoms. The first-order valence-corrected chi connectivity index (χ1v) is 6.85. The van der Waals surface area contributed by atoms with Crippen LogP contribution < -0.4 is 11.5 Å². The van der Waals surface area contributed by atoms with Crippen molar-refractivity contribution in [1.29, 1.82) is 0 Å². The predicted molar refractivity (Wildman–Crippen MR) is 75.4 cm³/mol. The van der Waals surface area contributed by atoms with Gasteiger partial charge in [-0.05, 0) is 24.1 Å². The molecule has 0 radical (unpaired) electrons. The SMILES string of the molecule is N[C@@H](CSc1cc(O)c(O)cc1C[C@H](N)C(=O)O)C(=O)O. The van der Waals surface area contributed by atoms with Crippen LogP contribution in [0.1, 0.15) is 5.56 Å². The quantitative estimate of drug-likeness (QED) is 0.288. The Morgan fingerprint density at radius 2 is 1.57 bits per heavy atom. The fourth-order valence-corrected chi connectivity index (χ4v) is 2.49. The van der Waals surface area contributed by atoms with Crippen LogP contribution in [0.2, 0.25) is 0 Å². The highest BCUT2D eigenvalue weighted by Crippen LogP contribution is 2.34. The van der Waals surface area contributed by atoms with Crippen molar-refractivity contribution in [2.45, 2.75) is 23.4 Å². The van der Waals surface area contributed by atoms with Crippen LogP contribution >= 0.6 is 11.8 Å². The number of benzene rings is 1. The second-order valence-corrected chi connectivity index (χ2v) is 5.42. The molecule has 0 fully saturated rings. The molecule has 0 saturated carbocycles. The van der Waals surface area contributed by atoms with E-state index in [2.05, 4.69) is 0 Å². The maximum Gasteiger partial charge on any atom is 0.321 e. The lowest BCUT2D eigenvalue weighted by Gasteiger charge is -2.14. The van der Waals surface area contributed by atoms with Gasteiger partial charge in [0.15, 0.2) is 11.5 Å². The largest absolute Gasteiger partial charge is 0.504 e. The molecule has 0 spiro atoms. The number of carbonyl (C=O) groups is 2. The Bertz CT molecular complexity index is 551. The van der Waals surface area contributed by atoms with Crippen LogP contribution in [0, 0.1) is 0 Å². The first kappa shape index (κ1) is 17.1. The number of aliphatic carboxylic acids is 2. The molecule has 0 aliphatic carbocycles. The van der Waals surface area contributed by atoms with Crippen molar-refractivity contribution in [3.63, 3.8) is 0 Å². The molecule has 0 amide bonds. The molecule has 0 unspecified atom stereocenters. The van der Waals surface area contributed by atoms with Crippen molar-refractivity contribution in [3.05, 3.63) is 17.7 Å². The van der Waals surface area contributed by atoms with E-state index in [0.29, 0.717) is 10.5 Å². The minimum Gasteiger partial charge on any atom is -0.504 e. The van der Waals surface area contributed by atoms with Gasteiger partial charge in [0.05, 0.1) is 0 Å². The van der Waals surface area contributed by atoms with Crippen LogP contribution in [0.3, 0.4) is 0 Å². The minimum atomic E-state index is -1.21. The average Bonchev–Trinajstić information content (AvgIpc) is 2.40. The molecule has 21 heavy (non-hydrogen) atoms. The van der Waals surface area contributed by atoms with Crippen LogP contribution in [0.5, 0.6) is 11.5 Å². The van der Waals surface area contributed by atoms with E-state index in [1.807, 2.05) is 0 Å². The van der Waals surface area contributed by atoms with Crippen molar-refractivity contribution in [1.82, 2.24) is 0 Å². The van der Waals surface area contributed by atoms with E-state index in [9.17, 15) is 19.8 Å². The maximum absolute atomic E-state index is 10.8. The standard InChI is InChI=1S/C12H16N2O6S/c13-6(11(17)18)1-5-2-8(15)9(16)3-10(5)21-4-7(14)12(19)20/h2-3,6-7,15-16H,1,4,13-14H2,(H,17,18)(H,19,20)/t6-,7-/m0/s1. The molecule has 0 heterocycles. The summed E-state index contributed by atoms with van der Waals surface area (Å²) < 4.78 is 0. The molecule has 1 aromatic rings. The van der Waals surface area contributed by atoms with E-state index >= 15 is 0 Å². The van der Waals surface area contributed by atoms with Gasteiger partial charge in [0.1, 0.15) is 12.1 Å². The van der Waals surface area contributed by atoms with E-state index in [4.69, 9.17) is 21.7 Å². The maximum atomic E-state index is 10.8. The van der Waals surface area contributed by atoms with Gasteiger partial charge in [0.2, 0.25) is 0 Å². The summed E-state index contributed by atoms with van der Waals surface area (Å²) in [6.45, 7) is 0. The number of phenolic OH excluding ortho intramolecular Hbond substituents is 2. The fraction of sp³-hybridized carbons (Fsp3) is 0.333. The molecule has 0 aliphatic rings. The van der Waals surface area contributed by atoms with Crippen molar-refractivity contribution < 1.29 is 30.0 Å². The number of phenols is 2. The Labute approximate surface area is 124 Å². The molecule has 0 aliphatic heterocycles. The van der Waals surface area contributed by atoms with E-state index in [0.717, 1.165) is 11.8 Å². The highest BCUT2D eigenvalue weighted by Gasteiger charge is 2.19. The summed E-state index contributed by atoms with van der Waals surface area (Å²) in [7, 11) is 0. The zero-order chi connectivity index (χ0) is 16.2. The summed E-state index contributed by atoms with van der Waals surface area (Å²) >= 11 is 1.03. The van der Waals surface area contributed by atoms with Crippen molar-refractivity contribution in [2.24, 2.45) is 11.5 Å². The van der Waals surface area contributed by atoms with Gasteiger partial charge in [0, 0.05) is 10.6 Å². The number of nitrogens with two attached hydrogens (primary N) is 2. The third-order valence-electron chi connectivity index (χ3n) is 2.65. The Morgan fingerprint density at radius 3 is 2.10 bits per heavy atom. The molecule has 1 aromatic carbocycles. The van der Waals surface area contributed by atoms with E-state index < -0.39 is 35.5 Å². The molecule has 0 bridgehead atoms. The lowest BCUT2D eigenvalue weighted by atomic mass is 10.1. The van der Waals surface area contributed by atoms with Gasteiger partial charge in [0.25, 0.3) is 0 Å². The number of carboxylic acid groups (broad SMARTS) is 2. The normalized spacial score (nSPS) is 13.6. The molecule has 0 aromatic heterocycles. The molecular weight excluding hydrogens is 300 g/mol. The first-order chi connectivity index (χ1) is 9.72. The van der Waals surface area contributed by atoms with Crippen molar-refractivity contribution >= 4 is 23.7 Å².